The highest BCUT2D eigenvalue weighted by Gasteiger charge is 2.00. The van der Waals surface area contributed by atoms with Crippen LogP contribution in [-0.2, 0) is 11.3 Å². The molecule has 1 rings (SSSR count). The van der Waals surface area contributed by atoms with Crippen LogP contribution in [0.5, 0.6) is 0 Å². The van der Waals surface area contributed by atoms with Crippen molar-refractivity contribution in [2.45, 2.75) is 13.5 Å². The molecular weight excluding hydrogens is 226 g/mol. The van der Waals surface area contributed by atoms with E-state index in [0.717, 1.165) is 5.56 Å². The number of hydrogen-bond donors (Lipinski definition) is 1. The number of carbonyl (C=O) groups excluding carboxylic acids is 1. The van der Waals surface area contributed by atoms with Crippen molar-refractivity contribution in [3.05, 3.63) is 60.7 Å². The molecule has 1 atom stereocenters. The number of benzene rings is 1. The zero-order valence-corrected chi connectivity index (χ0v) is 10.6. The van der Waals surface area contributed by atoms with Gasteiger partial charge in [0.15, 0.2) is 0 Å². The van der Waals surface area contributed by atoms with Gasteiger partial charge >= 0.3 is 6.09 Å². The highest BCUT2D eigenvalue weighted by atomic mass is 16.5. The molecule has 0 saturated carbocycles. The van der Waals surface area contributed by atoms with Crippen molar-refractivity contribution < 1.29 is 9.53 Å². The van der Waals surface area contributed by atoms with Crippen molar-refractivity contribution in [3.63, 3.8) is 0 Å². The van der Waals surface area contributed by atoms with Gasteiger partial charge in [0, 0.05) is 6.54 Å². The third-order valence-electron chi connectivity index (χ3n) is 2.39. The fourth-order valence-corrected chi connectivity index (χ4v) is 1.28. The van der Waals surface area contributed by atoms with Gasteiger partial charge in [0.1, 0.15) is 6.61 Å². The molecule has 1 N–H and O–H groups in total. The fraction of sp³-hybridized carbons (Fsp3) is 0.267. The summed E-state index contributed by atoms with van der Waals surface area (Å²) in [6.07, 6.45) is 5.29. The predicted molar refractivity (Wildman–Crippen MR) is 73.1 cm³/mol. The summed E-state index contributed by atoms with van der Waals surface area (Å²) in [5.74, 6) is 0.312. The second-order valence-corrected chi connectivity index (χ2v) is 3.97. The molecular formula is C15H19NO2. The lowest BCUT2D eigenvalue weighted by molar-refractivity contribution is 0.140. The van der Waals surface area contributed by atoms with Crippen molar-refractivity contribution in [3.8, 4) is 0 Å². The Hall–Kier alpha value is -2.03. The van der Waals surface area contributed by atoms with E-state index in [1.165, 1.54) is 0 Å². The van der Waals surface area contributed by atoms with Crippen molar-refractivity contribution in [1.29, 1.82) is 0 Å². The van der Waals surface area contributed by atoms with Crippen LogP contribution in [0.4, 0.5) is 4.79 Å². The van der Waals surface area contributed by atoms with Crippen LogP contribution in [-0.4, -0.2) is 12.6 Å². The van der Waals surface area contributed by atoms with Gasteiger partial charge in [0.25, 0.3) is 0 Å². The number of ether oxygens (including phenoxy) is 1. The molecule has 1 aromatic carbocycles. The molecule has 0 unspecified atom stereocenters. The van der Waals surface area contributed by atoms with Gasteiger partial charge in [0.05, 0.1) is 0 Å². The summed E-state index contributed by atoms with van der Waals surface area (Å²) in [5, 5.41) is 2.65. The van der Waals surface area contributed by atoms with Gasteiger partial charge < -0.3 is 10.1 Å². The Bertz CT molecular complexity index is 398. The Morgan fingerprint density at radius 3 is 2.83 bits per heavy atom. The van der Waals surface area contributed by atoms with Gasteiger partial charge in [-0.3, -0.25) is 0 Å². The molecule has 0 bridgehead atoms. The van der Waals surface area contributed by atoms with Crippen molar-refractivity contribution >= 4 is 6.09 Å². The largest absolute Gasteiger partial charge is 0.445 e. The first-order valence-electron chi connectivity index (χ1n) is 5.96. The summed E-state index contributed by atoms with van der Waals surface area (Å²) in [6, 6.07) is 9.58. The van der Waals surface area contributed by atoms with Crippen LogP contribution >= 0.6 is 0 Å². The molecule has 0 aliphatic heterocycles. The zero-order valence-electron chi connectivity index (χ0n) is 10.6. The number of nitrogens with one attached hydrogen (secondary N) is 1. The lowest BCUT2D eigenvalue weighted by atomic mass is 10.2. The third-order valence-corrected chi connectivity index (χ3v) is 2.39. The molecule has 1 aromatic rings. The zero-order chi connectivity index (χ0) is 13.2. The van der Waals surface area contributed by atoms with Gasteiger partial charge in [-0.1, -0.05) is 55.5 Å². The van der Waals surface area contributed by atoms with Crippen molar-refractivity contribution in [2.24, 2.45) is 5.92 Å². The summed E-state index contributed by atoms with van der Waals surface area (Å²) in [6.45, 7) is 6.45. The van der Waals surface area contributed by atoms with Crippen LogP contribution in [0.2, 0.25) is 0 Å². The molecule has 96 valence electrons. The standard InChI is InChI=1S/C15H19NO2/c1-3-13(2)8-7-11-16-15(17)18-12-14-9-5-4-6-10-14/h3-10,13H,1,11-12H2,2H3,(H,16,17)/b8-7+/t13-/m0/s1. The Labute approximate surface area is 108 Å². The normalized spacial score (nSPS) is 12.1. The maximum atomic E-state index is 11.3. The number of alkyl carbamates (subject to hydrolysis) is 1. The van der Waals surface area contributed by atoms with E-state index in [1.807, 2.05) is 55.5 Å². The molecule has 0 aliphatic rings. The van der Waals surface area contributed by atoms with E-state index < -0.39 is 6.09 Å². The summed E-state index contributed by atoms with van der Waals surface area (Å²) in [5.41, 5.74) is 0.975. The van der Waals surface area contributed by atoms with E-state index >= 15 is 0 Å². The number of amides is 1. The minimum atomic E-state index is -0.408. The van der Waals surface area contributed by atoms with E-state index in [1.54, 1.807) is 0 Å². The first-order chi connectivity index (χ1) is 8.72. The summed E-state index contributed by atoms with van der Waals surface area (Å²) in [4.78, 5) is 11.3. The Kier molecular flexibility index (Phi) is 6.33. The molecule has 0 fully saturated rings. The fourth-order valence-electron chi connectivity index (χ4n) is 1.28. The predicted octanol–water partition coefficient (Wildman–Crippen LogP) is 3.29. The monoisotopic (exact) mass is 245 g/mol. The molecule has 0 aromatic heterocycles. The average molecular weight is 245 g/mol. The van der Waals surface area contributed by atoms with Gasteiger partial charge in [-0.2, -0.15) is 0 Å². The van der Waals surface area contributed by atoms with Gasteiger partial charge in [0.2, 0.25) is 0 Å². The second kappa shape index (κ2) is 8.12. The quantitative estimate of drug-likeness (QED) is 0.781. The summed E-state index contributed by atoms with van der Waals surface area (Å²) in [7, 11) is 0. The Morgan fingerprint density at radius 2 is 2.17 bits per heavy atom. The Morgan fingerprint density at radius 1 is 1.44 bits per heavy atom. The molecule has 0 saturated heterocycles. The maximum Gasteiger partial charge on any atom is 0.407 e. The minimum absolute atomic E-state index is 0.291. The smallest absolute Gasteiger partial charge is 0.407 e. The third kappa shape index (κ3) is 5.89. The molecule has 18 heavy (non-hydrogen) atoms. The number of carbonyl (C=O) groups is 1. The second-order valence-electron chi connectivity index (χ2n) is 3.97. The Balaban J connectivity index is 2.18. The highest BCUT2D eigenvalue weighted by molar-refractivity contribution is 5.67. The topological polar surface area (TPSA) is 38.3 Å². The molecule has 3 nitrogen and oxygen atoms in total. The van der Waals surface area contributed by atoms with E-state index in [4.69, 9.17) is 4.74 Å². The minimum Gasteiger partial charge on any atom is -0.445 e. The van der Waals surface area contributed by atoms with Crippen LogP contribution in [0, 0.1) is 5.92 Å². The van der Waals surface area contributed by atoms with Crippen molar-refractivity contribution in [2.75, 3.05) is 6.54 Å². The first kappa shape index (κ1) is 14.0. The highest BCUT2D eigenvalue weighted by Crippen LogP contribution is 2.00. The van der Waals surface area contributed by atoms with Crippen LogP contribution in [0.3, 0.4) is 0 Å². The van der Waals surface area contributed by atoms with E-state index in [2.05, 4.69) is 11.9 Å². The van der Waals surface area contributed by atoms with Crippen LogP contribution in [0.15, 0.2) is 55.1 Å². The summed E-state index contributed by atoms with van der Waals surface area (Å²) >= 11 is 0. The molecule has 3 heteroatoms. The van der Waals surface area contributed by atoms with Gasteiger partial charge in [-0.15, -0.1) is 6.58 Å². The maximum absolute atomic E-state index is 11.3. The van der Waals surface area contributed by atoms with E-state index in [0.29, 0.717) is 19.1 Å². The average Bonchev–Trinajstić information content (AvgIpc) is 2.42. The summed E-state index contributed by atoms with van der Waals surface area (Å²) < 4.78 is 5.06. The molecule has 0 radical (unpaired) electrons. The number of hydrogen-bond acceptors (Lipinski definition) is 2. The van der Waals surface area contributed by atoms with Gasteiger partial charge in [-0.25, -0.2) is 4.79 Å². The SMILES string of the molecule is C=C[C@H](C)/C=C/CNC(=O)OCc1ccccc1. The van der Waals surface area contributed by atoms with E-state index in [9.17, 15) is 4.79 Å². The molecule has 1 amide bonds. The lowest BCUT2D eigenvalue weighted by Crippen LogP contribution is -2.24. The van der Waals surface area contributed by atoms with Crippen LogP contribution < -0.4 is 5.32 Å². The van der Waals surface area contributed by atoms with Gasteiger partial charge in [-0.05, 0) is 11.5 Å². The molecule has 0 heterocycles. The number of rotatable bonds is 6. The van der Waals surface area contributed by atoms with Crippen molar-refractivity contribution in [1.82, 2.24) is 5.32 Å². The first-order valence-corrected chi connectivity index (χ1v) is 5.96. The lowest BCUT2D eigenvalue weighted by Gasteiger charge is -2.05. The van der Waals surface area contributed by atoms with Crippen LogP contribution in [0.1, 0.15) is 12.5 Å². The van der Waals surface area contributed by atoms with Crippen LogP contribution in [0.25, 0.3) is 0 Å². The number of allylic oxidation sites excluding steroid dienone is 2. The molecule has 0 aliphatic carbocycles. The molecule has 0 spiro atoms. The van der Waals surface area contributed by atoms with E-state index in [-0.39, 0.29) is 0 Å².